The maximum atomic E-state index is 12.7. The summed E-state index contributed by atoms with van der Waals surface area (Å²) in [4.78, 5) is 28.1. The number of carbonyl (C=O) groups excluding carboxylic acids is 2. The molecule has 0 bridgehead atoms. The number of benzene rings is 1. The van der Waals surface area contributed by atoms with Crippen LogP contribution in [0.15, 0.2) is 35.9 Å². The van der Waals surface area contributed by atoms with Gasteiger partial charge in [0.2, 0.25) is 0 Å². The smallest absolute Gasteiger partial charge is 0.303 e. The molecule has 31 heavy (non-hydrogen) atoms. The first-order chi connectivity index (χ1) is 14.7. The van der Waals surface area contributed by atoms with Crippen LogP contribution in [0, 0.1) is 17.3 Å². The molecule has 6 atom stereocenters. The molecule has 1 aromatic carbocycles. The summed E-state index contributed by atoms with van der Waals surface area (Å²) in [5, 5.41) is 13.6. The number of fused-ring (bicyclic) bond motifs is 9. The van der Waals surface area contributed by atoms with Crippen LogP contribution >= 0.6 is 0 Å². The highest BCUT2D eigenvalue weighted by atomic mass is 16.5. The van der Waals surface area contributed by atoms with Crippen molar-refractivity contribution in [2.45, 2.75) is 70.0 Å². The van der Waals surface area contributed by atoms with Crippen molar-refractivity contribution in [2.75, 3.05) is 0 Å². The van der Waals surface area contributed by atoms with Crippen LogP contribution in [-0.2, 0) is 26.2 Å². The van der Waals surface area contributed by atoms with E-state index in [0.29, 0.717) is 12.3 Å². The molecule has 2 aromatic rings. The number of H-pyrrole nitrogens is 1. The SMILES string of the molecule is CC(=O)O[C@H]1C(=O)C=C2[C@@H]1CC[C@@]1(C)[C@@]2(O)CC[C@H]2Cc3c([nH]c4ccccc34)[C@@]21C. The lowest BCUT2D eigenvalue weighted by Crippen LogP contribution is -2.66. The predicted molar refractivity (Wildman–Crippen MR) is 117 cm³/mol. The van der Waals surface area contributed by atoms with E-state index in [0.717, 1.165) is 36.8 Å². The molecule has 0 spiro atoms. The van der Waals surface area contributed by atoms with Gasteiger partial charge in [-0.25, -0.2) is 0 Å². The van der Waals surface area contributed by atoms with Crippen molar-refractivity contribution in [3.8, 4) is 0 Å². The lowest BCUT2D eigenvalue weighted by atomic mass is 9.42. The Morgan fingerprint density at radius 3 is 2.74 bits per heavy atom. The fourth-order valence-corrected chi connectivity index (χ4v) is 7.85. The van der Waals surface area contributed by atoms with E-state index in [1.807, 2.05) is 0 Å². The van der Waals surface area contributed by atoms with Gasteiger partial charge in [-0.05, 0) is 61.3 Å². The van der Waals surface area contributed by atoms with Crippen molar-refractivity contribution in [3.05, 3.63) is 47.2 Å². The Morgan fingerprint density at radius 2 is 1.97 bits per heavy atom. The van der Waals surface area contributed by atoms with Gasteiger partial charge in [-0.3, -0.25) is 9.59 Å². The highest BCUT2D eigenvalue weighted by molar-refractivity contribution is 5.99. The van der Waals surface area contributed by atoms with Gasteiger partial charge in [-0.2, -0.15) is 0 Å². The number of ketones is 1. The van der Waals surface area contributed by atoms with Gasteiger partial charge in [0, 0.05) is 40.3 Å². The van der Waals surface area contributed by atoms with E-state index in [1.165, 1.54) is 23.6 Å². The van der Waals surface area contributed by atoms with Crippen molar-refractivity contribution in [3.63, 3.8) is 0 Å². The minimum atomic E-state index is -1.08. The normalized spacial score (nSPS) is 40.7. The summed E-state index contributed by atoms with van der Waals surface area (Å²) in [7, 11) is 0. The summed E-state index contributed by atoms with van der Waals surface area (Å²) in [6, 6.07) is 8.47. The quantitative estimate of drug-likeness (QED) is 0.686. The van der Waals surface area contributed by atoms with Crippen molar-refractivity contribution in [2.24, 2.45) is 17.3 Å². The van der Waals surface area contributed by atoms with E-state index in [9.17, 15) is 14.7 Å². The Hall–Kier alpha value is -2.40. The average Bonchev–Trinajstić information content (AvgIpc) is 3.34. The molecule has 162 valence electrons. The average molecular weight is 420 g/mol. The summed E-state index contributed by atoms with van der Waals surface area (Å²) in [5.74, 6) is -0.374. The highest BCUT2D eigenvalue weighted by Gasteiger charge is 2.70. The zero-order valence-corrected chi connectivity index (χ0v) is 18.3. The van der Waals surface area contributed by atoms with Crippen LogP contribution in [0.3, 0.4) is 0 Å². The van der Waals surface area contributed by atoms with Gasteiger partial charge in [-0.15, -0.1) is 0 Å². The number of nitrogens with one attached hydrogen (secondary N) is 1. The number of aliphatic hydroxyl groups is 1. The Bertz CT molecular complexity index is 1180. The Balaban J connectivity index is 1.49. The van der Waals surface area contributed by atoms with E-state index < -0.39 is 23.1 Å². The minimum Gasteiger partial charge on any atom is -0.454 e. The predicted octanol–water partition coefficient (Wildman–Crippen LogP) is 3.98. The number of rotatable bonds is 1. The summed E-state index contributed by atoms with van der Waals surface area (Å²) >= 11 is 0. The molecular formula is C26H29NO4. The van der Waals surface area contributed by atoms with Crippen molar-refractivity contribution in [1.29, 1.82) is 0 Å². The van der Waals surface area contributed by atoms with Gasteiger partial charge in [0.25, 0.3) is 0 Å². The number of para-hydroxylation sites is 1. The van der Waals surface area contributed by atoms with Gasteiger partial charge >= 0.3 is 5.97 Å². The lowest BCUT2D eigenvalue weighted by molar-refractivity contribution is -0.171. The summed E-state index contributed by atoms with van der Waals surface area (Å²) in [6.07, 6.45) is 4.94. The molecule has 0 aliphatic heterocycles. The van der Waals surface area contributed by atoms with E-state index in [4.69, 9.17) is 4.74 Å². The van der Waals surface area contributed by atoms with Crippen LogP contribution in [0.4, 0.5) is 0 Å². The van der Waals surface area contributed by atoms with Gasteiger partial charge in [0.15, 0.2) is 11.9 Å². The van der Waals surface area contributed by atoms with Gasteiger partial charge in [0.05, 0.1) is 5.60 Å². The van der Waals surface area contributed by atoms with E-state index in [1.54, 1.807) is 6.08 Å². The Labute approximate surface area is 181 Å². The fraction of sp³-hybridized carbons (Fsp3) is 0.538. The summed E-state index contributed by atoms with van der Waals surface area (Å²) in [6.45, 7) is 5.89. The van der Waals surface area contributed by atoms with Crippen molar-refractivity contribution < 1.29 is 19.4 Å². The van der Waals surface area contributed by atoms with Crippen LogP contribution in [0.2, 0.25) is 0 Å². The van der Waals surface area contributed by atoms with Crippen molar-refractivity contribution >= 4 is 22.7 Å². The van der Waals surface area contributed by atoms with Crippen LogP contribution in [0.1, 0.15) is 57.7 Å². The lowest BCUT2D eigenvalue weighted by Gasteiger charge is -2.64. The first kappa shape index (κ1) is 19.3. The van der Waals surface area contributed by atoms with E-state index in [2.05, 4.69) is 43.1 Å². The summed E-state index contributed by atoms with van der Waals surface area (Å²) in [5.41, 5.74) is 2.89. The number of hydrogen-bond acceptors (Lipinski definition) is 4. The number of carbonyl (C=O) groups is 2. The molecule has 5 heteroatoms. The zero-order valence-electron chi connectivity index (χ0n) is 18.3. The van der Waals surface area contributed by atoms with Crippen molar-refractivity contribution in [1.82, 2.24) is 4.98 Å². The molecule has 0 saturated heterocycles. The third-order valence-corrected chi connectivity index (χ3v) is 9.58. The third kappa shape index (κ3) is 2.11. The van der Waals surface area contributed by atoms with Crippen LogP contribution in [-0.4, -0.2) is 33.5 Å². The number of aromatic nitrogens is 1. The number of hydrogen-bond donors (Lipinski definition) is 2. The van der Waals surface area contributed by atoms with E-state index in [-0.39, 0.29) is 17.1 Å². The molecular weight excluding hydrogens is 390 g/mol. The largest absolute Gasteiger partial charge is 0.454 e. The first-order valence-corrected chi connectivity index (χ1v) is 11.5. The van der Waals surface area contributed by atoms with E-state index >= 15 is 0 Å². The number of aromatic amines is 1. The molecule has 5 nitrogen and oxygen atoms in total. The maximum Gasteiger partial charge on any atom is 0.303 e. The molecule has 4 aliphatic rings. The molecule has 1 heterocycles. The second-order valence-electron chi connectivity index (χ2n) is 10.5. The standard InChI is InChI=1S/C26H29NO4/c1-14(28)31-22-17-9-10-24(2)25(3)15(8-11-26(24,30)19(17)13-21(22)29)12-18-16-6-4-5-7-20(16)27-23(18)25/h4-7,13,15,17,22,27,30H,8-12H2,1-3H3/t15-,17-,22+,24+,25+,26+/m0/s1. The minimum absolute atomic E-state index is 0.183. The molecule has 0 radical (unpaired) electrons. The van der Waals surface area contributed by atoms with Gasteiger partial charge in [-0.1, -0.05) is 32.0 Å². The van der Waals surface area contributed by atoms with Gasteiger partial charge in [0.1, 0.15) is 0 Å². The zero-order chi connectivity index (χ0) is 21.8. The van der Waals surface area contributed by atoms with Gasteiger partial charge < -0.3 is 14.8 Å². The third-order valence-electron chi connectivity index (χ3n) is 9.58. The highest BCUT2D eigenvalue weighted by Crippen LogP contribution is 2.70. The topological polar surface area (TPSA) is 79.4 Å². The number of ether oxygens (including phenoxy) is 1. The molecule has 2 saturated carbocycles. The second kappa shape index (κ2) is 5.89. The monoisotopic (exact) mass is 419 g/mol. The molecule has 2 N–H and O–H groups in total. The second-order valence-corrected chi connectivity index (χ2v) is 10.5. The molecule has 2 fully saturated rings. The molecule has 0 amide bonds. The Morgan fingerprint density at radius 1 is 1.19 bits per heavy atom. The molecule has 1 aromatic heterocycles. The molecule has 0 unspecified atom stereocenters. The molecule has 4 aliphatic carbocycles. The fourth-order valence-electron chi connectivity index (χ4n) is 7.85. The first-order valence-electron chi connectivity index (χ1n) is 11.5. The number of esters is 1. The summed E-state index contributed by atoms with van der Waals surface area (Å²) < 4.78 is 5.40. The maximum absolute atomic E-state index is 12.7. The van der Waals surface area contributed by atoms with Crippen LogP contribution < -0.4 is 0 Å². The van der Waals surface area contributed by atoms with Crippen LogP contribution in [0.5, 0.6) is 0 Å². The Kier molecular flexibility index (Phi) is 3.66. The van der Waals surface area contributed by atoms with Crippen LogP contribution in [0.25, 0.3) is 10.9 Å². The molecule has 6 rings (SSSR count).